The van der Waals surface area contributed by atoms with Crippen LogP contribution in [-0.2, 0) is 4.79 Å². The number of nitrogens with one attached hydrogen (secondary N) is 4. The Hall–Kier alpha value is -3.85. The van der Waals surface area contributed by atoms with Crippen molar-refractivity contribution >= 4 is 29.3 Å². The van der Waals surface area contributed by atoms with Gasteiger partial charge in [-0.1, -0.05) is 6.07 Å². The maximum Gasteiger partial charge on any atom is 0.252 e. The molecule has 0 bridgehead atoms. The number of hydrogen-bond donors (Lipinski definition) is 5. The quantitative estimate of drug-likeness (QED) is 0.234. The van der Waals surface area contributed by atoms with E-state index in [4.69, 9.17) is 10.5 Å². The fourth-order valence-electron chi connectivity index (χ4n) is 3.34. The molecule has 0 spiro atoms. The van der Waals surface area contributed by atoms with Crippen molar-refractivity contribution in [1.82, 2.24) is 16.0 Å². The van der Waals surface area contributed by atoms with Crippen LogP contribution in [-0.4, -0.2) is 58.9 Å². The minimum Gasteiger partial charge on any atom is -0.497 e. The lowest BCUT2D eigenvalue weighted by Gasteiger charge is -2.18. The molecule has 6 N–H and O–H groups in total. The number of likely N-dealkylation sites (N-methyl/N-ethyl adjacent to an activating group) is 2. The number of allylic oxidation sites excluding steroid dienone is 1. The second-order valence-corrected chi connectivity index (χ2v) is 8.02. The average Bonchev–Trinajstić information content (AvgIpc) is 2.87. The monoisotopic (exact) mass is 480 g/mol. The lowest BCUT2D eigenvalue weighted by atomic mass is 9.99. The van der Waals surface area contributed by atoms with Crippen molar-refractivity contribution in [3.05, 3.63) is 64.9 Å². The van der Waals surface area contributed by atoms with E-state index >= 15 is 0 Å². The molecule has 9 heteroatoms. The van der Waals surface area contributed by atoms with Crippen molar-refractivity contribution in [2.75, 3.05) is 46.2 Å². The van der Waals surface area contributed by atoms with Gasteiger partial charge in [-0.15, -0.1) is 0 Å². The number of benzene rings is 2. The zero-order valence-electron chi connectivity index (χ0n) is 21.1. The van der Waals surface area contributed by atoms with Gasteiger partial charge in [-0.25, -0.2) is 0 Å². The molecular weight excluding hydrogens is 444 g/mol. The van der Waals surface area contributed by atoms with Gasteiger partial charge in [-0.2, -0.15) is 0 Å². The van der Waals surface area contributed by atoms with Crippen molar-refractivity contribution in [2.24, 2.45) is 10.7 Å². The molecule has 2 amide bonds. The number of nitrogens with zero attached hydrogens (tertiary/aromatic N) is 1. The standard InChI is InChI=1S/C26H36N6O3/c1-17-6-7-22(31-9-8-28-3)13-24(17)26(34)32-18(2)19-10-20(12-23(11-19)35-5)21(14-27)15-30-16-25(33)29-4/h6-7,10-15,18,28,31H,8-9,16,27H2,1-5H3,(H,29,33)(H,32,34)/b21-14+,30-15?. The Morgan fingerprint density at radius 1 is 1.14 bits per heavy atom. The molecule has 0 saturated carbocycles. The summed E-state index contributed by atoms with van der Waals surface area (Å²) >= 11 is 0. The Morgan fingerprint density at radius 3 is 2.57 bits per heavy atom. The summed E-state index contributed by atoms with van der Waals surface area (Å²) in [5, 5.41) is 12.0. The number of anilines is 1. The van der Waals surface area contributed by atoms with Crippen LogP contribution in [0.5, 0.6) is 5.75 Å². The van der Waals surface area contributed by atoms with Gasteiger partial charge in [-0.3, -0.25) is 14.6 Å². The molecule has 0 aliphatic carbocycles. The molecule has 0 aliphatic rings. The molecule has 2 aromatic carbocycles. The smallest absolute Gasteiger partial charge is 0.252 e. The Labute approximate surface area is 207 Å². The molecule has 2 rings (SSSR count). The van der Waals surface area contributed by atoms with Crippen LogP contribution < -0.4 is 31.7 Å². The van der Waals surface area contributed by atoms with E-state index in [2.05, 4.69) is 26.3 Å². The van der Waals surface area contributed by atoms with Gasteiger partial charge < -0.3 is 31.7 Å². The Morgan fingerprint density at radius 2 is 1.91 bits per heavy atom. The highest BCUT2D eigenvalue weighted by Gasteiger charge is 2.16. The summed E-state index contributed by atoms with van der Waals surface area (Å²) in [4.78, 5) is 28.7. The summed E-state index contributed by atoms with van der Waals surface area (Å²) in [6.45, 7) is 5.40. The van der Waals surface area contributed by atoms with Crippen LogP contribution in [0.15, 0.2) is 47.6 Å². The van der Waals surface area contributed by atoms with Crippen LogP contribution in [0, 0.1) is 6.92 Å². The molecule has 0 radical (unpaired) electrons. The van der Waals surface area contributed by atoms with Crippen LogP contribution in [0.1, 0.15) is 40.0 Å². The maximum absolute atomic E-state index is 13.1. The second kappa shape index (κ2) is 13.8. The largest absolute Gasteiger partial charge is 0.497 e. The molecule has 35 heavy (non-hydrogen) atoms. The van der Waals surface area contributed by atoms with Gasteiger partial charge in [0, 0.05) is 49.4 Å². The summed E-state index contributed by atoms with van der Waals surface area (Å²) in [5.41, 5.74) is 10.4. The van der Waals surface area contributed by atoms with Crippen LogP contribution in [0.3, 0.4) is 0 Å². The molecule has 1 unspecified atom stereocenters. The van der Waals surface area contributed by atoms with E-state index < -0.39 is 0 Å². The van der Waals surface area contributed by atoms with E-state index in [0.717, 1.165) is 35.5 Å². The van der Waals surface area contributed by atoms with E-state index in [9.17, 15) is 9.59 Å². The Balaban J connectivity index is 2.24. The fraction of sp³-hybridized carbons (Fsp3) is 0.346. The summed E-state index contributed by atoms with van der Waals surface area (Å²) in [7, 11) is 5.03. The van der Waals surface area contributed by atoms with Crippen molar-refractivity contribution in [2.45, 2.75) is 19.9 Å². The number of carbonyl (C=O) groups excluding carboxylic acids is 2. The third-order valence-electron chi connectivity index (χ3n) is 5.46. The number of nitrogens with two attached hydrogens (primary N) is 1. The molecule has 1 atom stereocenters. The molecule has 0 aliphatic heterocycles. The fourth-order valence-corrected chi connectivity index (χ4v) is 3.34. The van der Waals surface area contributed by atoms with Crippen molar-refractivity contribution in [1.29, 1.82) is 0 Å². The predicted molar refractivity (Wildman–Crippen MR) is 142 cm³/mol. The third kappa shape index (κ3) is 8.15. The number of aryl methyl sites for hydroxylation is 1. The number of aliphatic imine (C=N–C) groups is 1. The topological polar surface area (TPSA) is 130 Å². The van der Waals surface area contributed by atoms with E-state index in [-0.39, 0.29) is 24.4 Å². The molecule has 0 aromatic heterocycles. The number of ether oxygens (including phenoxy) is 1. The minimum atomic E-state index is -0.307. The average molecular weight is 481 g/mol. The molecular formula is C26H36N6O3. The number of hydrogen-bond acceptors (Lipinski definition) is 7. The van der Waals surface area contributed by atoms with E-state index in [0.29, 0.717) is 16.9 Å². The van der Waals surface area contributed by atoms with Crippen LogP contribution in [0.2, 0.25) is 0 Å². The van der Waals surface area contributed by atoms with Gasteiger partial charge in [0.2, 0.25) is 5.91 Å². The zero-order valence-corrected chi connectivity index (χ0v) is 21.1. The second-order valence-electron chi connectivity index (χ2n) is 8.02. The first-order chi connectivity index (χ1) is 16.8. The van der Waals surface area contributed by atoms with Crippen LogP contribution in [0.25, 0.3) is 5.57 Å². The molecule has 9 nitrogen and oxygen atoms in total. The molecule has 0 fully saturated rings. The van der Waals surface area contributed by atoms with Gasteiger partial charge in [-0.05, 0) is 67.9 Å². The maximum atomic E-state index is 13.1. The molecule has 188 valence electrons. The normalized spacial score (nSPS) is 12.3. The highest BCUT2D eigenvalue weighted by Crippen LogP contribution is 2.26. The van der Waals surface area contributed by atoms with Crippen LogP contribution in [0.4, 0.5) is 5.69 Å². The van der Waals surface area contributed by atoms with Gasteiger partial charge in [0.25, 0.3) is 5.91 Å². The summed E-state index contributed by atoms with van der Waals surface area (Å²) < 4.78 is 5.47. The minimum absolute atomic E-state index is 0.000640. The lowest BCUT2D eigenvalue weighted by molar-refractivity contribution is -0.119. The number of rotatable bonds is 12. The van der Waals surface area contributed by atoms with E-state index in [1.54, 1.807) is 20.4 Å². The van der Waals surface area contributed by atoms with Crippen molar-refractivity contribution in [3.63, 3.8) is 0 Å². The van der Waals surface area contributed by atoms with Crippen LogP contribution >= 0.6 is 0 Å². The summed E-state index contributed by atoms with van der Waals surface area (Å²) in [6, 6.07) is 11.1. The SMILES string of the molecule is CNCCNc1ccc(C)c(C(=O)NC(C)c2cc(OC)cc(/C(C=NCC(=O)NC)=C/N)c2)c1. The zero-order chi connectivity index (χ0) is 25.8. The number of methoxy groups -OCH3 is 1. The molecule has 2 aromatic rings. The van der Waals surface area contributed by atoms with E-state index in [1.165, 1.54) is 6.20 Å². The molecule has 0 saturated heterocycles. The Kier molecular flexibility index (Phi) is 10.8. The first kappa shape index (κ1) is 27.4. The van der Waals surface area contributed by atoms with Gasteiger partial charge >= 0.3 is 0 Å². The first-order valence-electron chi connectivity index (χ1n) is 11.4. The first-order valence-corrected chi connectivity index (χ1v) is 11.4. The summed E-state index contributed by atoms with van der Waals surface area (Å²) in [5.74, 6) is 0.250. The lowest BCUT2D eigenvalue weighted by Crippen LogP contribution is -2.27. The highest BCUT2D eigenvalue weighted by molar-refractivity contribution is 6.10. The van der Waals surface area contributed by atoms with Gasteiger partial charge in [0.05, 0.1) is 13.2 Å². The van der Waals surface area contributed by atoms with Crippen molar-refractivity contribution in [3.8, 4) is 5.75 Å². The highest BCUT2D eigenvalue weighted by atomic mass is 16.5. The van der Waals surface area contributed by atoms with Crippen molar-refractivity contribution < 1.29 is 14.3 Å². The van der Waals surface area contributed by atoms with Gasteiger partial charge in [0.15, 0.2) is 0 Å². The third-order valence-corrected chi connectivity index (χ3v) is 5.46. The number of carbonyl (C=O) groups is 2. The predicted octanol–water partition coefficient (Wildman–Crippen LogP) is 2.24. The van der Waals surface area contributed by atoms with E-state index in [1.807, 2.05) is 57.3 Å². The van der Waals surface area contributed by atoms with Gasteiger partial charge in [0.1, 0.15) is 12.3 Å². The summed E-state index contributed by atoms with van der Waals surface area (Å²) in [6.07, 6.45) is 2.97. The molecule has 0 heterocycles. The number of amides is 2. The Bertz CT molecular complexity index is 1080.